The molecule has 2 aromatic heterocycles. The van der Waals surface area contributed by atoms with Crippen LogP contribution in [0.3, 0.4) is 0 Å². The minimum Gasteiger partial charge on any atom is -0.492 e. The summed E-state index contributed by atoms with van der Waals surface area (Å²) in [6.45, 7) is 6.11. The van der Waals surface area contributed by atoms with E-state index in [0.717, 1.165) is 45.4 Å². The predicted octanol–water partition coefficient (Wildman–Crippen LogP) is 4.03. The third kappa shape index (κ3) is 3.73. The number of nitrogens with one attached hydrogen (secondary N) is 2. The molecule has 1 fully saturated rings. The van der Waals surface area contributed by atoms with Crippen molar-refractivity contribution in [1.29, 1.82) is 0 Å². The number of anilines is 2. The Balaban J connectivity index is 1.35. The first-order valence-corrected chi connectivity index (χ1v) is 10.1. The van der Waals surface area contributed by atoms with Gasteiger partial charge in [0.15, 0.2) is 0 Å². The minimum atomic E-state index is 0.564. The molecule has 0 amide bonds. The average Bonchev–Trinajstić information content (AvgIpc) is 3.41. The van der Waals surface area contributed by atoms with Gasteiger partial charge in [0.1, 0.15) is 12.4 Å². The number of ether oxygens (including phenoxy) is 1. The molecule has 3 heterocycles. The molecule has 4 aromatic rings. The molecular weight excluding hydrogens is 364 g/mol. The van der Waals surface area contributed by atoms with Gasteiger partial charge in [-0.3, -0.25) is 10.00 Å². The molecule has 29 heavy (non-hydrogen) atoms. The van der Waals surface area contributed by atoms with Crippen LogP contribution in [-0.4, -0.2) is 51.3 Å². The smallest absolute Gasteiger partial charge is 0.227 e. The van der Waals surface area contributed by atoms with Crippen LogP contribution in [0.1, 0.15) is 18.4 Å². The third-order valence-electron chi connectivity index (χ3n) is 5.52. The van der Waals surface area contributed by atoms with E-state index in [1.807, 2.05) is 36.5 Å². The van der Waals surface area contributed by atoms with Crippen LogP contribution in [0.4, 0.5) is 11.6 Å². The van der Waals surface area contributed by atoms with Crippen molar-refractivity contribution in [2.75, 3.05) is 31.6 Å². The van der Waals surface area contributed by atoms with Crippen LogP contribution in [0.5, 0.6) is 5.75 Å². The highest BCUT2D eigenvalue weighted by Gasteiger charge is 2.12. The number of H-pyrrole nitrogens is 1. The number of nitrogens with zero attached hydrogens (tertiary/aromatic N) is 4. The highest BCUT2D eigenvalue weighted by molar-refractivity contribution is 5.85. The van der Waals surface area contributed by atoms with Crippen molar-refractivity contribution in [2.24, 2.45) is 0 Å². The van der Waals surface area contributed by atoms with Gasteiger partial charge in [-0.1, -0.05) is 0 Å². The van der Waals surface area contributed by atoms with E-state index in [0.29, 0.717) is 12.6 Å². The molecule has 0 radical (unpaired) electrons. The fraction of sp³-hybridized carbons (Fsp3) is 0.318. The zero-order chi connectivity index (χ0) is 19.6. The highest BCUT2D eigenvalue weighted by atomic mass is 16.5. The summed E-state index contributed by atoms with van der Waals surface area (Å²) in [5, 5.41) is 12.4. The van der Waals surface area contributed by atoms with Crippen molar-refractivity contribution in [3.05, 3.63) is 48.3 Å². The first-order valence-electron chi connectivity index (χ1n) is 10.1. The van der Waals surface area contributed by atoms with Gasteiger partial charge in [0.05, 0.1) is 17.2 Å². The Kier molecular flexibility index (Phi) is 4.73. The number of hydrogen-bond donors (Lipinski definition) is 2. The van der Waals surface area contributed by atoms with Gasteiger partial charge in [0.2, 0.25) is 5.95 Å². The van der Waals surface area contributed by atoms with E-state index in [9.17, 15) is 0 Å². The summed E-state index contributed by atoms with van der Waals surface area (Å²) < 4.78 is 6.07. The van der Waals surface area contributed by atoms with Crippen molar-refractivity contribution in [2.45, 2.75) is 19.8 Å². The Bertz CT molecular complexity index is 1150. The van der Waals surface area contributed by atoms with Crippen LogP contribution >= 0.6 is 0 Å². The lowest BCUT2D eigenvalue weighted by atomic mass is 10.1. The average molecular weight is 388 g/mol. The van der Waals surface area contributed by atoms with Crippen LogP contribution in [0.15, 0.2) is 42.7 Å². The summed E-state index contributed by atoms with van der Waals surface area (Å²) >= 11 is 0. The second kappa shape index (κ2) is 7.67. The van der Waals surface area contributed by atoms with Crippen molar-refractivity contribution in [3.63, 3.8) is 0 Å². The lowest BCUT2D eigenvalue weighted by Crippen LogP contribution is -2.25. The molecule has 0 spiro atoms. The molecule has 0 aliphatic carbocycles. The van der Waals surface area contributed by atoms with Gasteiger partial charge in [-0.25, -0.2) is 9.97 Å². The van der Waals surface area contributed by atoms with Crippen LogP contribution in [-0.2, 0) is 0 Å². The third-order valence-corrected chi connectivity index (χ3v) is 5.52. The van der Waals surface area contributed by atoms with E-state index >= 15 is 0 Å². The molecule has 2 N–H and O–H groups in total. The monoisotopic (exact) mass is 388 g/mol. The van der Waals surface area contributed by atoms with Crippen molar-refractivity contribution < 1.29 is 4.74 Å². The second-order valence-electron chi connectivity index (χ2n) is 7.51. The number of benzene rings is 2. The Morgan fingerprint density at radius 3 is 2.86 bits per heavy atom. The number of rotatable bonds is 6. The van der Waals surface area contributed by atoms with Crippen LogP contribution in [0, 0.1) is 6.92 Å². The van der Waals surface area contributed by atoms with Gasteiger partial charge < -0.3 is 10.1 Å². The van der Waals surface area contributed by atoms with Crippen LogP contribution < -0.4 is 10.1 Å². The van der Waals surface area contributed by atoms with Crippen molar-refractivity contribution in [1.82, 2.24) is 25.1 Å². The molecule has 1 aliphatic heterocycles. The molecule has 7 heteroatoms. The summed E-state index contributed by atoms with van der Waals surface area (Å²) in [7, 11) is 0. The van der Waals surface area contributed by atoms with Crippen molar-refractivity contribution in [3.8, 4) is 5.75 Å². The Hall–Kier alpha value is -3.19. The Morgan fingerprint density at radius 1 is 1.10 bits per heavy atom. The summed E-state index contributed by atoms with van der Waals surface area (Å²) in [5.74, 6) is 1.45. The van der Waals surface area contributed by atoms with Crippen LogP contribution in [0.25, 0.3) is 21.8 Å². The molecule has 0 atom stereocenters. The molecule has 5 rings (SSSR count). The lowest BCUT2D eigenvalue weighted by Gasteiger charge is -2.16. The normalized spacial score (nSPS) is 14.7. The number of likely N-dealkylation sites (tertiary alicyclic amines) is 1. The van der Waals surface area contributed by atoms with Crippen molar-refractivity contribution >= 4 is 33.4 Å². The molecule has 1 saturated heterocycles. The van der Waals surface area contributed by atoms with E-state index in [2.05, 4.69) is 32.3 Å². The molecule has 2 aromatic carbocycles. The van der Waals surface area contributed by atoms with Gasteiger partial charge in [-0.05, 0) is 63.2 Å². The first-order chi connectivity index (χ1) is 14.3. The largest absolute Gasteiger partial charge is 0.492 e. The van der Waals surface area contributed by atoms with E-state index in [1.54, 1.807) is 6.20 Å². The molecule has 148 valence electrons. The fourth-order valence-corrected chi connectivity index (χ4v) is 3.87. The first kappa shape index (κ1) is 17.9. The summed E-state index contributed by atoms with van der Waals surface area (Å²) in [5.41, 5.74) is 3.83. The quantitative estimate of drug-likeness (QED) is 0.519. The lowest BCUT2D eigenvalue weighted by molar-refractivity contribution is 0.237. The maximum absolute atomic E-state index is 6.07. The predicted molar refractivity (Wildman–Crippen MR) is 115 cm³/mol. The van der Waals surface area contributed by atoms with E-state index in [1.165, 1.54) is 25.9 Å². The molecule has 1 aliphatic rings. The van der Waals surface area contributed by atoms with Gasteiger partial charge >= 0.3 is 0 Å². The number of fused-ring (bicyclic) bond motifs is 2. The Morgan fingerprint density at radius 2 is 1.97 bits per heavy atom. The molecule has 0 saturated carbocycles. The number of aromatic amines is 1. The Labute approximate surface area is 169 Å². The zero-order valence-electron chi connectivity index (χ0n) is 16.5. The minimum absolute atomic E-state index is 0.564. The standard InChI is InChI=1S/C22H24N6O/c1-15-20(29-11-10-28-8-2-3-9-28)7-5-17-13-23-22(26-21(15)17)25-18-6-4-16-14-24-27-19(16)12-18/h4-7,12-14H,2-3,8-11H2,1H3,(H,24,27)(H,23,25,26). The zero-order valence-corrected chi connectivity index (χ0v) is 16.5. The summed E-state index contributed by atoms with van der Waals surface area (Å²) in [6.07, 6.45) is 6.25. The molecule has 0 bridgehead atoms. The number of aryl methyl sites for hydroxylation is 1. The van der Waals surface area contributed by atoms with E-state index in [4.69, 9.17) is 9.72 Å². The van der Waals surface area contributed by atoms with Gasteiger partial charge in [0, 0.05) is 34.8 Å². The van der Waals surface area contributed by atoms with E-state index in [-0.39, 0.29) is 0 Å². The molecule has 7 nitrogen and oxygen atoms in total. The summed E-state index contributed by atoms with van der Waals surface area (Å²) in [4.78, 5) is 11.7. The van der Waals surface area contributed by atoms with Crippen LogP contribution in [0.2, 0.25) is 0 Å². The van der Waals surface area contributed by atoms with Gasteiger partial charge in [-0.2, -0.15) is 5.10 Å². The van der Waals surface area contributed by atoms with E-state index < -0.39 is 0 Å². The maximum atomic E-state index is 6.07. The van der Waals surface area contributed by atoms with Gasteiger partial charge in [-0.15, -0.1) is 0 Å². The fourth-order valence-electron chi connectivity index (χ4n) is 3.87. The maximum Gasteiger partial charge on any atom is 0.227 e. The topological polar surface area (TPSA) is 79.0 Å². The number of aromatic nitrogens is 4. The van der Waals surface area contributed by atoms with Gasteiger partial charge in [0.25, 0.3) is 0 Å². The second-order valence-corrected chi connectivity index (χ2v) is 7.51. The highest BCUT2D eigenvalue weighted by Crippen LogP contribution is 2.27. The SMILES string of the molecule is Cc1c(OCCN2CCCC2)ccc2cnc(Nc3ccc4cn[nH]c4c3)nc12. The summed E-state index contributed by atoms with van der Waals surface area (Å²) in [6, 6.07) is 10.1. The molecular formula is C22H24N6O. The number of hydrogen-bond acceptors (Lipinski definition) is 6. The molecule has 0 unspecified atom stereocenters.